The molecule has 0 bridgehead atoms. The molecule has 0 aliphatic rings. The molecule has 0 atom stereocenters. The van der Waals surface area contributed by atoms with Gasteiger partial charge in [-0.25, -0.2) is 4.79 Å². The van der Waals surface area contributed by atoms with Crippen LogP contribution in [0.1, 0.15) is 25.0 Å². The predicted octanol–water partition coefficient (Wildman–Crippen LogP) is 2.88. The summed E-state index contributed by atoms with van der Waals surface area (Å²) in [5, 5.41) is 11.7. The molecular weight excluding hydrogens is 256 g/mol. The summed E-state index contributed by atoms with van der Waals surface area (Å²) >= 11 is 0. The molecule has 0 saturated heterocycles. The van der Waals surface area contributed by atoms with E-state index in [1.54, 1.807) is 0 Å². The highest BCUT2D eigenvalue weighted by Crippen LogP contribution is 2.16. The number of carboxylic acids is 1. The molecule has 1 rings (SSSR count). The number of nitrogens with one attached hydrogen (secondary N) is 1. The van der Waals surface area contributed by atoms with Crippen molar-refractivity contribution in [3.05, 3.63) is 29.3 Å². The summed E-state index contributed by atoms with van der Waals surface area (Å²) < 4.78 is 0. The number of hydrogen-bond donors (Lipinski definition) is 2. The van der Waals surface area contributed by atoms with Crippen molar-refractivity contribution in [1.29, 1.82) is 0 Å². The van der Waals surface area contributed by atoms with Crippen molar-refractivity contribution in [3.8, 4) is 0 Å². The molecular formula is C15H22N2O3. The zero-order chi connectivity index (χ0) is 15.3. The average Bonchev–Trinajstić information content (AvgIpc) is 2.30. The van der Waals surface area contributed by atoms with Gasteiger partial charge in [0.05, 0.1) is 0 Å². The molecule has 0 saturated carbocycles. The van der Waals surface area contributed by atoms with Crippen molar-refractivity contribution in [2.75, 3.05) is 18.4 Å². The molecule has 0 fully saturated rings. The van der Waals surface area contributed by atoms with Crippen molar-refractivity contribution in [1.82, 2.24) is 4.90 Å². The highest BCUT2D eigenvalue weighted by Gasteiger charge is 2.18. The number of carbonyl (C=O) groups is 2. The molecule has 0 aromatic heterocycles. The van der Waals surface area contributed by atoms with Crippen LogP contribution in [0.25, 0.3) is 0 Å². The van der Waals surface area contributed by atoms with Crippen LogP contribution in [0.2, 0.25) is 0 Å². The fourth-order valence-corrected chi connectivity index (χ4v) is 1.97. The number of amides is 2. The Morgan fingerprint density at radius 2 is 1.95 bits per heavy atom. The smallest absolute Gasteiger partial charge is 0.323 e. The molecule has 2 amide bonds. The lowest BCUT2D eigenvalue weighted by molar-refractivity contribution is -0.137. The minimum absolute atomic E-state index is 0.208. The number of anilines is 1. The third-order valence-electron chi connectivity index (χ3n) is 2.82. The van der Waals surface area contributed by atoms with Gasteiger partial charge in [0.25, 0.3) is 0 Å². The van der Waals surface area contributed by atoms with E-state index in [-0.39, 0.29) is 18.5 Å². The highest BCUT2D eigenvalue weighted by atomic mass is 16.4. The van der Waals surface area contributed by atoms with Crippen LogP contribution in [0, 0.1) is 19.8 Å². The summed E-state index contributed by atoms with van der Waals surface area (Å²) in [6.07, 6.45) is 0. The van der Waals surface area contributed by atoms with Crippen LogP contribution in [0.15, 0.2) is 18.2 Å². The first-order chi connectivity index (χ1) is 9.29. The molecule has 1 aromatic rings. The zero-order valence-corrected chi connectivity index (χ0v) is 12.4. The average molecular weight is 278 g/mol. The number of aryl methyl sites for hydroxylation is 2. The number of carboxylic acid groups (broad SMARTS) is 1. The van der Waals surface area contributed by atoms with Crippen LogP contribution in [0.5, 0.6) is 0 Å². The predicted molar refractivity (Wildman–Crippen MR) is 79.0 cm³/mol. The van der Waals surface area contributed by atoms with E-state index in [0.717, 1.165) is 11.1 Å². The number of benzene rings is 1. The Labute approximate surface area is 119 Å². The van der Waals surface area contributed by atoms with Gasteiger partial charge in [0, 0.05) is 12.2 Å². The molecule has 0 unspecified atom stereocenters. The Morgan fingerprint density at radius 1 is 1.30 bits per heavy atom. The molecule has 20 heavy (non-hydrogen) atoms. The number of urea groups is 1. The molecule has 5 nitrogen and oxygen atoms in total. The standard InChI is InChI=1S/C15H22N2O3/c1-10(2)8-17(9-14(18)19)15(20)16-13-6-5-11(3)7-12(13)4/h5-7,10H,8-9H2,1-4H3,(H,16,20)(H,18,19). The SMILES string of the molecule is Cc1ccc(NC(=O)N(CC(=O)O)CC(C)C)c(C)c1. The molecule has 0 heterocycles. The molecule has 2 N–H and O–H groups in total. The summed E-state index contributed by atoms with van der Waals surface area (Å²) in [7, 11) is 0. The minimum Gasteiger partial charge on any atom is -0.480 e. The van der Waals surface area contributed by atoms with Crippen LogP contribution in [-0.2, 0) is 4.79 Å². The summed E-state index contributed by atoms with van der Waals surface area (Å²) in [6, 6.07) is 5.33. The molecule has 0 aliphatic carbocycles. The van der Waals surface area contributed by atoms with Gasteiger partial charge >= 0.3 is 12.0 Å². The quantitative estimate of drug-likeness (QED) is 0.870. The third kappa shape index (κ3) is 4.91. The van der Waals surface area contributed by atoms with Gasteiger partial charge in [-0.15, -0.1) is 0 Å². The Balaban J connectivity index is 2.81. The maximum absolute atomic E-state index is 12.2. The number of rotatable bonds is 5. The normalized spacial score (nSPS) is 10.4. The molecule has 0 aliphatic heterocycles. The lowest BCUT2D eigenvalue weighted by Gasteiger charge is -2.23. The maximum atomic E-state index is 12.2. The van der Waals surface area contributed by atoms with Crippen molar-refractivity contribution in [3.63, 3.8) is 0 Å². The molecule has 110 valence electrons. The first-order valence-electron chi connectivity index (χ1n) is 6.64. The summed E-state index contributed by atoms with van der Waals surface area (Å²) in [5.41, 5.74) is 2.78. The van der Waals surface area contributed by atoms with Crippen LogP contribution in [0.3, 0.4) is 0 Å². The number of carbonyl (C=O) groups excluding carboxylic acids is 1. The van der Waals surface area contributed by atoms with E-state index in [9.17, 15) is 9.59 Å². The fourth-order valence-electron chi connectivity index (χ4n) is 1.97. The largest absolute Gasteiger partial charge is 0.480 e. The molecule has 0 radical (unpaired) electrons. The van der Waals surface area contributed by atoms with Crippen molar-refractivity contribution >= 4 is 17.7 Å². The lowest BCUT2D eigenvalue weighted by atomic mass is 10.1. The monoisotopic (exact) mass is 278 g/mol. The van der Waals surface area contributed by atoms with Gasteiger partial charge in [0.2, 0.25) is 0 Å². The second kappa shape index (κ2) is 6.93. The Morgan fingerprint density at radius 3 is 2.45 bits per heavy atom. The minimum atomic E-state index is -1.01. The Hall–Kier alpha value is -2.04. The van der Waals surface area contributed by atoms with E-state index >= 15 is 0 Å². The highest BCUT2D eigenvalue weighted by molar-refractivity contribution is 5.92. The first-order valence-corrected chi connectivity index (χ1v) is 6.64. The summed E-state index contributed by atoms with van der Waals surface area (Å²) in [4.78, 5) is 24.3. The molecule has 5 heteroatoms. The van der Waals surface area contributed by atoms with Crippen LogP contribution < -0.4 is 5.32 Å². The van der Waals surface area contributed by atoms with Gasteiger partial charge < -0.3 is 15.3 Å². The number of aliphatic carboxylic acids is 1. The van der Waals surface area contributed by atoms with Crippen LogP contribution in [0.4, 0.5) is 10.5 Å². The number of nitrogens with zero attached hydrogens (tertiary/aromatic N) is 1. The van der Waals surface area contributed by atoms with E-state index in [2.05, 4.69) is 5.32 Å². The third-order valence-corrected chi connectivity index (χ3v) is 2.82. The zero-order valence-electron chi connectivity index (χ0n) is 12.4. The fraction of sp³-hybridized carbons (Fsp3) is 0.467. The van der Waals surface area contributed by atoms with Crippen molar-refractivity contribution < 1.29 is 14.7 Å². The van der Waals surface area contributed by atoms with Crippen molar-refractivity contribution in [2.45, 2.75) is 27.7 Å². The molecule has 0 spiro atoms. The van der Waals surface area contributed by atoms with E-state index in [0.29, 0.717) is 12.2 Å². The number of hydrogen-bond acceptors (Lipinski definition) is 2. The Kier molecular flexibility index (Phi) is 5.55. The topological polar surface area (TPSA) is 69.6 Å². The summed E-state index contributed by atoms with van der Waals surface area (Å²) in [5.74, 6) is -0.805. The van der Waals surface area contributed by atoms with Crippen molar-refractivity contribution in [2.24, 2.45) is 5.92 Å². The molecule has 1 aromatic carbocycles. The van der Waals surface area contributed by atoms with E-state index in [4.69, 9.17) is 5.11 Å². The second-order valence-corrected chi connectivity index (χ2v) is 5.42. The lowest BCUT2D eigenvalue weighted by Crippen LogP contribution is -2.41. The summed E-state index contributed by atoms with van der Waals surface area (Å²) in [6.45, 7) is 7.89. The van der Waals surface area contributed by atoms with Gasteiger partial charge in [-0.05, 0) is 31.4 Å². The van der Waals surface area contributed by atoms with E-state index in [1.807, 2.05) is 45.9 Å². The van der Waals surface area contributed by atoms with E-state index < -0.39 is 5.97 Å². The van der Waals surface area contributed by atoms with Gasteiger partial charge in [0.15, 0.2) is 0 Å². The van der Waals surface area contributed by atoms with Gasteiger partial charge in [-0.2, -0.15) is 0 Å². The second-order valence-electron chi connectivity index (χ2n) is 5.42. The van der Waals surface area contributed by atoms with Gasteiger partial charge in [-0.3, -0.25) is 4.79 Å². The van der Waals surface area contributed by atoms with Gasteiger partial charge in [-0.1, -0.05) is 31.5 Å². The van der Waals surface area contributed by atoms with Crippen LogP contribution >= 0.6 is 0 Å². The van der Waals surface area contributed by atoms with E-state index in [1.165, 1.54) is 4.90 Å². The maximum Gasteiger partial charge on any atom is 0.323 e. The Bertz CT molecular complexity index is 498. The first kappa shape index (κ1) is 16.0. The van der Waals surface area contributed by atoms with Crippen LogP contribution in [-0.4, -0.2) is 35.1 Å². The van der Waals surface area contributed by atoms with Gasteiger partial charge in [0.1, 0.15) is 6.54 Å².